The molecular formula is C11H13N3O2. The molecule has 0 bridgehead atoms. The Bertz CT molecular complexity index is 575. The molecule has 1 heterocycles. The summed E-state index contributed by atoms with van der Waals surface area (Å²) in [5.41, 5.74) is 6.10. The highest BCUT2D eigenvalue weighted by atomic mass is 16.5. The van der Waals surface area contributed by atoms with Gasteiger partial charge >= 0.3 is 0 Å². The van der Waals surface area contributed by atoms with E-state index in [2.05, 4.69) is 9.97 Å². The third-order valence-corrected chi connectivity index (χ3v) is 2.36. The second kappa shape index (κ2) is 3.94. The number of aromatic amines is 1. The van der Waals surface area contributed by atoms with E-state index in [1.165, 1.54) is 0 Å². The molecule has 0 fully saturated rings. The van der Waals surface area contributed by atoms with Crippen LogP contribution in [0.5, 0.6) is 5.75 Å². The van der Waals surface area contributed by atoms with E-state index in [4.69, 9.17) is 10.5 Å². The van der Waals surface area contributed by atoms with Crippen molar-refractivity contribution in [2.75, 3.05) is 7.11 Å². The zero-order valence-electron chi connectivity index (χ0n) is 9.15. The van der Waals surface area contributed by atoms with Crippen molar-refractivity contribution in [2.45, 2.75) is 13.0 Å². The lowest BCUT2D eigenvalue weighted by atomic mass is 10.2. The summed E-state index contributed by atoms with van der Waals surface area (Å²) in [6.07, 6.45) is 0. The third kappa shape index (κ3) is 1.77. The molecule has 1 aromatic heterocycles. The third-order valence-electron chi connectivity index (χ3n) is 2.36. The van der Waals surface area contributed by atoms with Crippen molar-refractivity contribution in [3.05, 3.63) is 34.4 Å². The number of nitrogens with zero attached hydrogens (tertiary/aromatic N) is 1. The number of rotatable bonds is 2. The number of hydrogen-bond donors (Lipinski definition) is 2. The second-order valence-corrected chi connectivity index (χ2v) is 3.62. The topological polar surface area (TPSA) is 81.0 Å². The molecule has 0 spiro atoms. The van der Waals surface area contributed by atoms with Crippen molar-refractivity contribution >= 4 is 10.9 Å². The molecule has 2 aromatic rings. The number of methoxy groups -OCH3 is 1. The molecule has 5 heteroatoms. The highest BCUT2D eigenvalue weighted by Gasteiger charge is 2.07. The van der Waals surface area contributed by atoms with Crippen molar-refractivity contribution in [1.82, 2.24) is 9.97 Å². The molecule has 0 amide bonds. The van der Waals surface area contributed by atoms with Crippen molar-refractivity contribution < 1.29 is 4.74 Å². The molecule has 1 atom stereocenters. The average molecular weight is 219 g/mol. The first kappa shape index (κ1) is 10.6. The van der Waals surface area contributed by atoms with Crippen molar-refractivity contribution in [1.29, 1.82) is 0 Å². The van der Waals surface area contributed by atoms with Crippen LogP contribution in [-0.2, 0) is 0 Å². The quantitative estimate of drug-likeness (QED) is 0.788. The summed E-state index contributed by atoms with van der Waals surface area (Å²) in [6, 6.07) is 4.88. The predicted octanol–water partition coefficient (Wildman–Crippen LogP) is 0.951. The van der Waals surface area contributed by atoms with Crippen molar-refractivity contribution in [3.63, 3.8) is 0 Å². The van der Waals surface area contributed by atoms with Crippen LogP contribution in [0.25, 0.3) is 10.9 Å². The number of hydrogen-bond acceptors (Lipinski definition) is 4. The lowest BCUT2D eigenvalue weighted by Gasteiger charge is -2.06. The Morgan fingerprint density at radius 1 is 1.50 bits per heavy atom. The molecule has 0 aliphatic heterocycles. The van der Waals surface area contributed by atoms with Crippen LogP contribution >= 0.6 is 0 Å². The van der Waals surface area contributed by atoms with Crippen LogP contribution in [0.15, 0.2) is 23.0 Å². The first-order valence-corrected chi connectivity index (χ1v) is 4.95. The Morgan fingerprint density at radius 3 is 2.88 bits per heavy atom. The summed E-state index contributed by atoms with van der Waals surface area (Å²) in [7, 11) is 1.55. The van der Waals surface area contributed by atoms with Crippen LogP contribution in [-0.4, -0.2) is 17.1 Å². The predicted molar refractivity (Wildman–Crippen MR) is 61.5 cm³/mol. The van der Waals surface area contributed by atoms with Gasteiger partial charge in [0, 0.05) is 0 Å². The molecule has 3 N–H and O–H groups in total. The number of H-pyrrole nitrogens is 1. The maximum atomic E-state index is 11.8. The molecule has 0 radical (unpaired) electrons. The van der Waals surface area contributed by atoms with E-state index in [-0.39, 0.29) is 11.6 Å². The fourth-order valence-electron chi connectivity index (χ4n) is 1.48. The van der Waals surface area contributed by atoms with E-state index < -0.39 is 0 Å². The molecule has 1 unspecified atom stereocenters. The van der Waals surface area contributed by atoms with Gasteiger partial charge in [0.05, 0.1) is 24.1 Å². The molecule has 0 saturated carbocycles. The molecule has 0 aliphatic rings. The SMILES string of the molecule is COc1ccc2nc(C(C)N)[nH]c(=O)c2c1. The first-order valence-electron chi connectivity index (χ1n) is 4.95. The average Bonchev–Trinajstić information content (AvgIpc) is 2.28. The lowest BCUT2D eigenvalue weighted by molar-refractivity contribution is 0.415. The smallest absolute Gasteiger partial charge is 0.258 e. The van der Waals surface area contributed by atoms with Crippen LogP contribution in [0.1, 0.15) is 18.8 Å². The fraction of sp³-hybridized carbons (Fsp3) is 0.273. The zero-order valence-corrected chi connectivity index (χ0v) is 9.15. The maximum absolute atomic E-state index is 11.8. The van der Waals surface area contributed by atoms with E-state index >= 15 is 0 Å². The van der Waals surface area contributed by atoms with Gasteiger partial charge in [-0.15, -0.1) is 0 Å². The number of nitrogens with one attached hydrogen (secondary N) is 1. The molecule has 0 saturated heterocycles. The molecular weight excluding hydrogens is 206 g/mol. The van der Waals surface area contributed by atoms with E-state index in [1.807, 2.05) is 0 Å². The van der Waals surface area contributed by atoms with Gasteiger partial charge in [-0.2, -0.15) is 0 Å². The van der Waals surface area contributed by atoms with Gasteiger partial charge in [-0.25, -0.2) is 4.98 Å². The van der Waals surface area contributed by atoms with E-state index in [0.29, 0.717) is 22.5 Å². The van der Waals surface area contributed by atoms with Gasteiger partial charge in [-0.1, -0.05) is 0 Å². The minimum absolute atomic E-state index is 0.198. The van der Waals surface area contributed by atoms with Gasteiger partial charge in [-0.05, 0) is 25.1 Å². The van der Waals surface area contributed by atoms with Crippen LogP contribution in [0.4, 0.5) is 0 Å². The summed E-state index contributed by atoms with van der Waals surface area (Å²) in [6.45, 7) is 1.77. The van der Waals surface area contributed by atoms with Gasteiger partial charge in [0.2, 0.25) is 0 Å². The summed E-state index contributed by atoms with van der Waals surface area (Å²) < 4.78 is 5.05. The van der Waals surface area contributed by atoms with E-state index in [9.17, 15) is 4.79 Å². The zero-order chi connectivity index (χ0) is 11.7. The van der Waals surface area contributed by atoms with Gasteiger partial charge in [0.15, 0.2) is 0 Å². The van der Waals surface area contributed by atoms with E-state index in [1.54, 1.807) is 32.2 Å². The van der Waals surface area contributed by atoms with Crippen molar-refractivity contribution in [2.24, 2.45) is 5.73 Å². The number of fused-ring (bicyclic) bond motifs is 1. The largest absolute Gasteiger partial charge is 0.497 e. The number of nitrogens with two attached hydrogens (primary N) is 1. The van der Waals surface area contributed by atoms with E-state index in [0.717, 1.165) is 0 Å². The Morgan fingerprint density at radius 2 is 2.25 bits per heavy atom. The van der Waals surface area contributed by atoms with Gasteiger partial charge < -0.3 is 15.5 Å². The van der Waals surface area contributed by atoms with Crippen LogP contribution < -0.4 is 16.0 Å². The van der Waals surface area contributed by atoms with Crippen LogP contribution in [0.2, 0.25) is 0 Å². The standard InChI is InChI=1S/C11H13N3O2/c1-6(12)10-13-9-4-3-7(16-2)5-8(9)11(15)14-10/h3-6H,12H2,1-2H3,(H,13,14,15). The van der Waals surface area contributed by atoms with Crippen LogP contribution in [0, 0.1) is 0 Å². The molecule has 1 aromatic carbocycles. The summed E-state index contributed by atoms with van der Waals surface area (Å²) >= 11 is 0. The highest BCUT2D eigenvalue weighted by Crippen LogP contribution is 2.16. The molecule has 16 heavy (non-hydrogen) atoms. The first-order chi connectivity index (χ1) is 7.61. The van der Waals surface area contributed by atoms with Gasteiger partial charge in [-0.3, -0.25) is 4.79 Å². The Hall–Kier alpha value is -1.88. The summed E-state index contributed by atoms with van der Waals surface area (Å²) in [5, 5.41) is 0.503. The minimum Gasteiger partial charge on any atom is -0.497 e. The lowest BCUT2D eigenvalue weighted by Crippen LogP contribution is -2.17. The Labute approximate surface area is 92.3 Å². The van der Waals surface area contributed by atoms with Crippen molar-refractivity contribution in [3.8, 4) is 5.75 Å². The molecule has 5 nitrogen and oxygen atoms in total. The molecule has 0 aliphatic carbocycles. The maximum Gasteiger partial charge on any atom is 0.258 e. The molecule has 84 valence electrons. The molecule has 2 rings (SSSR count). The fourth-order valence-corrected chi connectivity index (χ4v) is 1.48. The van der Waals surface area contributed by atoms with Gasteiger partial charge in [0.1, 0.15) is 11.6 Å². The summed E-state index contributed by atoms with van der Waals surface area (Å²) in [4.78, 5) is 18.7. The normalized spacial score (nSPS) is 12.7. The van der Waals surface area contributed by atoms with Crippen LogP contribution in [0.3, 0.4) is 0 Å². The summed E-state index contributed by atoms with van der Waals surface area (Å²) in [5.74, 6) is 1.12. The number of ether oxygens (including phenoxy) is 1. The number of aromatic nitrogens is 2. The highest BCUT2D eigenvalue weighted by molar-refractivity contribution is 5.79. The monoisotopic (exact) mass is 219 g/mol. The number of benzene rings is 1. The Balaban J connectivity index is 2.71. The Kier molecular flexibility index (Phi) is 2.62. The minimum atomic E-state index is -0.292. The van der Waals surface area contributed by atoms with Gasteiger partial charge in [0.25, 0.3) is 5.56 Å². The second-order valence-electron chi connectivity index (χ2n) is 3.62.